The van der Waals surface area contributed by atoms with Crippen molar-refractivity contribution in [2.45, 2.75) is 25.2 Å². The fourth-order valence-corrected chi connectivity index (χ4v) is 3.66. The number of aromatic nitrogens is 1. The molecule has 3 amide bonds. The summed E-state index contributed by atoms with van der Waals surface area (Å²) in [6.07, 6.45) is 3.52. The van der Waals surface area contributed by atoms with E-state index in [1.807, 2.05) is 30.3 Å². The van der Waals surface area contributed by atoms with Gasteiger partial charge in [-0.3, -0.25) is 9.78 Å². The molecule has 3 heterocycles. The number of amides is 3. The van der Waals surface area contributed by atoms with E-state index in [-0.39, 0.29) is 30.1 Å². The summed E-state index contributed by atoms with van der Waals surface area (Å²) in [5.41, 5.74) is 1.72. The highest BCUT2D eigenvalue weighted by Gasteiger charge is 2.45. The van der Waals surface area contributed by atoms with E-state index in [9.17, 15) is 9.59 Å². The van der Waals surface area contributed by atoms with Crippen molar-refractivity contribution in [3.63, 3.8) is 0 Å². The first-order valence-corrected chi connectivity index (χ1v) is 9.12. The summed E-state index contributed by atoms with van der Waals surface area (Å²) < 4.78 is 5.91. The topological polar surface area (TPSA) is 83.6 Å². The second-order valence-electron chi connectivity index (χ2n) is 6.92. The van der Waals surface area contributed by atoms with Crippen LogP contribution in [0.1, 0.15) is 12.0 Å². The Hall–Kier alpha value is -2.93. The van der Waals surface area contributed by atoms with Crippen LogP contribution in [0, 0.1) is 5.92 Å². The maximum Gasteiger partial charge on any atom is 0.317 e. The van der Waals surface area contributed by atoms with Crippen LogP contribution in [0.25, 0.3) is 0 Å². The van der Waals surface area contributed by atoms with Crippen molar-refractivity contribution in [2.24, 2.45) is 5.92 Å². The number of fused-ring (bicyclic) bond motifs is 2. The Morgan fingerprint density at radius 1 is 1.15 bits per heavy atom. The number of nitrogens with one attached hydrogen (secondary N) is 2. The molecule has 27 heavy (non-hydrogen) atoms. The number of nitrogens with zero attached hydrogens (tertiary/aromatic N) is 2. The quantitative estimate of drug-likeness (QED) is 0.867. The van der Waals surface area contributed by atoms with Gasteiger partial charge in [-0.2, -0.15) is 0 Å². The Balaban J connectivity index is 1.33. The van der Waals surface area contributed by atoms with Gasteiger partial charge in [-0.1, -0.05) is 30.3 Å². The predicted molar refractivity (Wildman–Crippen MR) is 99.9 cm³/mol. The zero-order valence-electron chi connectivity index (χ0n) is 14.9. The SMILES string of the molecule is O=C(Nc1cccnc1)[C@H]1C[C@@H]2CN(C(=O)NCc3ccccc3)C[C@H]1O2. The molecule has 0 spiro atoms. The fourth-order valence-electron chi connectivity index (χ4n) is 3.66. The third-order valence-corrected chi connectivity index (χ3v) is 5.00. The molecule has 2 fully saturated rings. The highest BCUT2D eigenvalue weighted by molar-refractivity contribution is 5.93. The van der Waals surface area contributed by atoms with Crippen LogP contribution >= 0.6 is 0 Å². The summed E-state index contributed by atoms with van der Waals surface area (Å²) in [7, 11) is 0. The van der Waals surface area contributed by atoms with Gasteiger partial charge in [0.25, 0.3) is 0 Å². The third-order valence-electron chi connectivity index (χ3n) is 5.00. The minimum Gasteiger partial charge on any atom is -0.370 e. The lowest BCUT2D eigenvalue weighted by atomic mass is 9.99. The number of benzene rings is 1. The molecule has 7 heteroatoms. The van der Waals surface area contributed by atoms with Crippen molar-refractivity contribution >= 4 is 17.6 Å². The second-order valence-corrected chi connectivity index (χ2v) is 6.92. The third kappa shape index (κ3) is 4.09. The molecule has 3 atom stereocenters. The van der Waals surface area contributed by atoms with Crippen LogP contribution in [0.3, 0.4) is 0 Å². The molecule has 2 aromatic rings. The van der Waals surface area contributed by atoms with Crippen molar-refractivity contribution in [1.29, 1.82) is 0 Å². The number of hydrogen-bond acceptors (Lipinski definition) is 4. The van der Waals surface area contributed by atoms with E-state index in [1.54, 1.807) is 29.4 Å². The molecule has 0 unspecified atom stereocenters. The number of carbonyl (C=O) groups is 2. The van der Waals surface area contributed by atoms with Gasteiger partial charge in [0.15, 0.2) is 0 Å². The van der Waals surface area contributed by atoms with Gasteiger partial charge in [0.1, 0.15) is 0 Å². The van der Waals surface area contributed by atoms with E-state index in [2.05, 4.69) is 15.6 Å². The Morgan fingerprint density at radius 3 is 2.78 bits per heavy atom. The normalized spacial score (nSPS) is 23.7. The Labute approximate surface area is 157 Å². The number of ether oxygens (including phenoxy) is 1. The second kappa shape index (κ2) is 7.75. The van der Waals surface area contributed by atoms with E-state index in [0.717, 1.165) is 5.56 Å². The largest absolute Gasteiger partial charge is 0.370 e. The monoisotopic (exact) mass is 366 g/mol. The predicted octanol–water partition coefficient (Wildman–Crippen LogP) is 2.02. The Morgan fingerprint density at radius 2 is 2.00 bits per heavy atom. The first kappa shape index (κ1) is 17.5. The summed E-state index contributed by atoms with van der Waals surface area (Å²) >= 11 is 0. The molecule has 7 nitrogen and oxygen atoms in total. The number of rotatable bonds is 4. The number of carbonyl (C=O) groups excluding carboxylic acids is 2. The number of anilines is 1. The highest BCUT2D eigenvalue weighted by atomic mass is 16.5. The Bertz CT molecular complexity index is 799. The molecule has 2 aliphatic rings. The van der Waals surface area contributed by atoms with E-state index >= 15 is 0 Å². The van der Waals surface area contributed by atoms with E-state index in [0.29, 0.717) is 31.7 Å². The highest BCUT2D eigenvalue weighted by Crippen LogP contribution is 2.32. The lowest BCUT2D eigenvalue weighted by molar-refractivity contribution is -0.122. The summed E-state index contributed by atoms with van der Waals surface area (Å²) in [6.45, 7) is 1.41. The van der Waals surface area contributed by atoms with Crippen molar-refractivity contribution in [2.75, 3.05) is 18.4 Å². The van der Waals surface area contributed by atoms with Gasteiger partial charge in [0.2, 0.25) is 5.91 Å². The summed E-state index contributed by atoms with van der Waals surface area (Å²) in [6, 6.07) is 13.2. The van der Waals surface area contributed by atoms with Gasteiger partial charge in [0.05, 0.1) is 30.0 Å². The van der Waals surface area contributed by atoms with Gasteiger partial charge in [-0.15, -0.1) is 0 Å². The summed E-state index contributed by atoms with van der Waals surface area (Å²) in [4.78, 5) is 30.9. The first-order chi connectivity index (χ1) is 13.2. The van der Waals surface area contributed by atoms with Crippen LogP contribution < -0.4 is 10.6 Å². The van der Waals surface area contributed by atoms with Crippen molar-refractivity contribution in [1.82, 2.24) is 15.2 Å². The van der Waals surface area contributed by atoms with Gasteiger partial charge in [-0.05, 0) is 24.1 Å². The maximum absolute atomic E-state index is 12.6. The minimum atomic E-state index is -0.275. The van der Waals surface area contributed by atoms with Crippen molar-refractivity contribution in [3.8, 4) is 0 Å². The Kier molecular flexibility index (Phi) is 5.02. The average Bonchev–Trinajstić information content (AvgIpc) is 3.01. The van der Waals surface area contributed by atoms with Gasteiger partial charge < -0.3 is 20.3 Å². The summed E-state index contributed by atoms with van der Waals surface area (Å²) in [5, 5.41) is 5.83. The number of hydrogen-bond donors (Lipinski definition) is 2. The van der Waals surface area contributed by atoms with Crippen LogP contribution in [-0.2, 0) is 16.1 Å². The molecule has 2 saturated heterocycles. The molecule has 2 N–H and O–H groups in total. The van der Waals surface area contributed by atoms with Gasteiger partial charge in [0, 0.05) is 25.8 Å². The number of morpholine rings is 1. The number of urea groups is 1. The number of pyridine rings is 1. The molecule has 4 rings (SSSR count). The zero-order valence-corrected chi connectivity index (χ0v) is 14.9. The van der Waals surface area contributed by atoms with E-state index < -0.39 is 0 Å². The van der Waals surface area contributed by atoms with E-state index in [4.69, 9.17) is 4.74 Å². The molecule has 0 radical (unpaired) electrons. The molecule has 1 aromatic heterocycles. The van der Waals surface area contributed by atoms with Crippen LogP contribution in [-0.4, -0.2) is 47.1 Å². The molecule has 1 aromatic carbocycles. The molecular formula is C20H22N4O3. The van der Waals surface area contributed by atoms with Crippen molar-refractivity contribution in [3.05, 3.63) is 60.4 Å². The lowest BCUT2D eigenvalue weighted by Gasteiger charge is -2.32. The standard InChI is InChI=1S/C20H22N4O3/c25-19(23-15-7-4-8-21-11-15)17-9-16-12-24(13-18(17)27-16)20(26)22-10-14-5-2-1-3-6-14/h1-8,11,16-18H,9-10,12-13H2,(H,22,26)(H,23,25)/t16-,17+,18-/m1/s1. The molecule has 0 aliphatic carbocycles. The molecule has 2 aliphatic heterocycles. The zero-order chi connectivity index (χ0) is 18.6. The maximum atomic E-state index is 12.6. The van der Waals surface area contributed by atoms with Crippen molar-refractivity contribution < 1.29 is 14.3 Å². The molecule has 2 bridgehead atoms. The van der Waals surface area contributed by atoms with Crippen LogP contribution in [0.5, 0.6) is 0 Å². The lowest BCUT2D eigenvalue weighted by Crippen LogP contribution is -2.50. The van der Waals surface area contributed by atoms with Crippen LogP contribution in [0.15, 0.2) is 54.9 Å². The van der Waals surface area contributed by atoms with Crippen LogP contribution in [0.4, 0.5) is 10.5 Å². The van der Waals surface area contributed by atoms with Gasteiger partial charge >= 0.3 is 6.03 Å². The summed E-state index contributed by atoms with van der Waals surface area (Å²) in [5.74, 6) is -0.343. The molecule has 0 saturated carbocycles. The van der Waals surface area contributed by atoms with Gasteiger partial charge in [-0.25, -0.2) is 4.79 Å². The fraction of sp³-hybridized carbons (Fsp3) is 0.350. The van der Waals surface area contributed by atoms with Crippen LogP contribution in [0.2, 0.25) is 0 Å². The molecular weight excluding hydrogens is 344 g/mol. The number of likely N-dealkylation sites (tertiary alicyclic amines) is 1. The minimum absolute atomic E-state index is 0.0814. The smallest absolute Gasteiger partial charge is 0.317 e. The molecule has 140 valence electrons. The first-order valence-electron chi connectivity index (χ1n) is 9.12. The van der Waals surface area contributed by atoms with E-state index in [1.165, 1.54) is 0 Å². The average molecular weight is 366 g/mol.